The Morgan fingerprint density at radius 1 is 1.50 bits per heavy atom. The van der Waals surface area contributed by atoms with E-state index in [-0.39, 0.29) is 0 Å². The molecule has 0 aromatic rings. The summed E-state index contributed by atoms with van der Waals surface area (Å²) in [5, 5.41) is 0. The molecule has 0 unspecified atom stereocenters. The van der Waals surface area contributed by atoms with Crippen LogP contribution in [0.2, 0.25) is 0 Å². The van der Waals surface area contributed by atoms with E-state index < -0.39 is 0 Å². The number of hydrogen-bond acceptors (Lipinski definition) is 3. The van der Waals surface area contributed by atoms with Crippen molar-refractivity contribution in [1.29, 1.82) is 0 Å². The normalized spacial score (nSPS) is 11.8. The van der Waals surface area contributed by atoms with Crippen LogP contribution in [-0.4, -0.2) is 29.0 Å². The molecule has 0 N–H and O–H groups in total. The number of nitrogens with zero attached hydrogens (tertiary/aromatic N) is 2. The third kappa shape index (κ3) is 3.37. The van der Waals surface area contributed by atoms with Gasteiger partial charge in [0.05, 0.1) is 17.6 Å². The average molecular weight is 178 g/mol. The highest BCUT2D eigenvalue weighted by Gasteiger charge is 1.98. The van der Waals surface area contributed by atoms with E-state index in [1.54, 1.807) is 0 Å². The highest BCUT2D eigenvalue weighted by Crippen LogP contribution is 1.93. The summed E-state index contributed by atoms with van der Waals surface area (Å²) in [4.78, 5) is 6.19. The second-order valence-electron chi connectivity index (χ2n) is 1.84. The van der Waals surface area contributed by atoms with Crippen molar-refractivity contribution in [2.75, 3.05) is 18.3 Å². The molecule has 0 aromatic carbocycles. The molecule has 0 saturated carbocycles. The molecule has 0 aliphatic carbocycles. The lowest BCUT2D eigenvalue weighted by Gasteiger charge is -2.18. The van der Waals surface area contributed by atoms with Gasteiger partial charge in [0.1, 0.15) is 0 Å². The predicted octanol–water partition coefficient (Wildman–Crippen LogP) is 1.50. The predicted molar refractivity (Wildman–Crippen MR) is 53.2 cm³/mol. The van der Waals surface area contributed by atoms with Crippen LogP contribution in [0.5, 0.6) is 0 Å². The molecule has 0 aliphatic heterocycles. The van der Waals surface area contributed by atoms with Gasteiger partial charge in [-0.1, -0.05) is 0 Å². The van der Waals surface area contributed by atoms with Gasteiger partial charge in [0.15, 0.2) is 0 Å². The van der Waals surface area contributed by atoms with Crippen molar-refractivity contribution in [3.63, 3.8) is 0 Å². The number of thiol groups is 2. The van der Waals surface area contributed by atoms with Gasteiger partial charge in [-0.3, -0.25) is 4.99 Å². The van der Waals surface area contributed by atoms with Crippen LogP contribution < -0.4 is 0 Å². The van der Waals surface area contributed by atoms with Crippen molar-refractivity contribution in [1.82, 2.24) is 4.90 Å². The molecule has 0 atom stereocenters. The summed E-state index contributed by atoms with van der Waals surface area (Å²) in [7, 11) is 0. The SMILES string of the molecule is CCN(CS)C(C)=NCS. The van der Waals surface area contributed by atoms with Crippen molar-refractivity contribution >= 4 is 31.1 Å². The molecule has 0 spiro atoms. The molecule has 10 heavy (non-hydrogen) atoms. The third-order valence-corrected chi connectivity index (χ3v) is 1.79. The van der Waals surface area contributed by atoms with Crippen LogP contribution in [0.4, 0.5) is 0 Å². The van der Waals surface area contributed by atoms with Gasteiger partial charge in [-0.05, 0) is 13.8 Å². The fourth-order valence-corrected chi connectivity index (χ4v) is 1.24. The van der Waals surface area contributed by atoms with E-state index in [4.69, 9.17) is 0 Å². The van der Waals surface area contributed by atoms with E-state index in [1.165, 1.54) is 0 Å². The number of rotatable bonds is 3. The number of aliphatic imine (C=N–C) groups is 1. The summed E-state index contributed by atoms with van der Waals surface area (Å²) in [6.07, 6.45) is 0. The largest absolute Gasteiger partial charge is 0.352 e. The van der Waals surface area contributed by atoms with Crippen LogP contribution >= 0.6 is 25.3 Å². The minimum atomic E-state index is 0.552. The van der Waals surface area contributed by atoms with Gasteiger partial charge < -0.3 is 4.90 Å². The van der Waals surface area contributed by atoms with E-state index in [9.17, 15) is 0 Å². The van der Waals surface area contributed by atoms with Gasteiger partial charge in [0.25, 0.3) is 0 Å². The molecular formula is C6H14N2S2. The van der Waals surface area contributed by atoms with E-state index in [0.717, 1.165) is 18.3 Å². The standard InChI is InChI=1S/C6H14N2S2/c1-3-8(5-10)6(2)7-4-9/h9-10H,3-5H2,1-2H3. The summed E-state index contributed by atoms with van der Waals surface area (Å²) in [6, 6.07) is 0. The van der Waals surface area contributed by atoms with E-state index in [0.29, 0.717) is 5.88 Å². The molecule has 0 aliphatic rings. The Balaban J connectivity index is 3.87. The smallest absolute Gasteiger partial charge is 0.0974 e. The Bertz CT molecular complexity index is 110. The van der Waals surface area contributed by atoms with Gasteiger partial charge >= 0.3 is 0 Å². The molecule has 0 aromatic heterocycles. The van der Waals surface area contributed by atoms with Gasteiger partial charge in [-0.15, -0.1) is 0 Å². The van der Waals surface area contributed by atoms with Crippen LogP contribution in [0, 0.1) is 0 Å². The first-order valence-electron chi connectivity index (χ1n) is 3.24. The lowest BCUT2D eigenvalue weighted by atomic mass is 10.5. The third-order valence-electron chi connectivity index (χ3n) is 1.31. The zero-order valence-corrected chi connectivity index (χ0v) is 8.20. The van der Waals surface area contributed by atoms with E-state index in [2.05, 4.69) is 42.1 Å². The van der Waals surface area contributed by atoms with Gasteiger partial charge in [-0.2, -0.15) is 25.3 Å². The second-order valence-corrected chi connectivity index (χ2v) is 2.41. The van der Waals surface area contributed by atoms with Crippen molar-refractivity contribution in [3.8, 4) is 0 Å². The summed E-state index contributed by atoms with van der Waals surface area (Å²) >= 11 is 8.14. The maximum Gasteiger partial charge on any atom is 0.0974 e. The maximum absolute atomic E-state index is 4.15. The van der Waals surface area contributed by atoms with Gasteiger partial charge in [0.2, 0.25) is 0 Å². The summed E-state index contributed by atoms with van der Waals surface area (Å²) in [5.41, 5.74) is 0. The van der Waals surface area contributed by atoms with Gasteiger partial charge in [-0.25, -0.2) is 0 Å². The zero-order valence-electron chi connectivity index (χ0n) is 6.41. The fraction of sp³-hybridized carbons (Fsp3) is 0.833. The Kier molecular flexibility index (Phi) is 6.02. The molecule has 60 valence electrons. The molecule has 0 bridgehead atoms. The molecule has 0 rings (SSSR count). The summed E-state index contributed by atoms with van der Waals surface area (Å²) < 4.78 is 0. The Hall–Kier alpha value is 0.170. The zero-order chi connectivity index (χ0) is 7.98. The Morgan fingerprint density at radius 2 is 2.10 bits per heavy atom. The average Bonchev–Trinajstić information content (AvgIpc) is 1.91. The first-order valence-corrected chi connectivity index (χ1v) is 4.50. The van der Waals surface area contributed by atoms with Crippen LogP contribution in [0.3, 0.4) is 0 Å². The van der Waals surface area contributed by atoms with E-state index >= 15 is 0 Å². The molecule has 0 radical (unpaired) electrons. The van der Waals surface area contributed by atoms with Crippen LogP contribution in [0.25, 0.3) is 0 Å². The molecule has 0 fully saturated rings. The Labute approximate surface area is 73.5 Å². The summed E-state index contributed by atoms with van der Waals surface area (Å²) in [6.45, 7) is 5.00. The molecule has 4 heteroatoms. The van der Waals surface area contributed by atoms with Crippen LogP contribution in [0.1, 0.15) is 13.8 Å². The molecule has 2 nitrogen and oxygen atoms in total. The number of hydrogen-bond donors (Lipinski definition) is 2. The second kappa shape index (κ2) is 5.92. The summed E-state index contributed by atoms with van der Waals surface area (Å²) in [5.74, 6) is 2.28. The van der Waals surface area contributed by atoms with Crippen LogP contribution in [0.15, 0.2) is 4.99 Å². The topological polar surface area (TPSA) is 15.6 Å². The number of amidine groups is 1. The minimum absolute atomic E-state index is 0.552. The molecule has 0 amide bonds. The van der Waals surface area contributed by atoms with Crippen molar-refractivity contribution < 1.29 is 0 Å². The highest BCUT2D eigenvalue weighted by molar-refractivity contribution is 7.80. The Morgan fingerprint density at radius 3 is 2.40 bits per heavy atom. The van der Waals surface area contributed by atoms with Crippen LogP contribution in [-0.2, 0) is 0 Å². The first-order chi connectivity index (χ1) is 4.76. The minimum Gasteiger partial charge on any atom is -0.352 e. The monoisotopic (exact) mass is 178 g/mol. The molecule has 0 heterocycles. The molecular weight excluding hydrogens is 164 g/mol. The molecule has 0 saturated heterocycles. The van der Waals surface area contributed by atoms with E-state index in [1.807, 2.05) is 6.92 Å². The maximum atomic E-state index is 4.15. The lowest BCUT2D eigenvalue weighted by Crippen LogP contribution is -2.27. The van der Waals surface area contributed by atoms with Crippen molar-refractivity contribution in [2.45, 2.75) is 13.8 Å². The quantitative estimate of drug-likeness (QED) is 0.290. The lowest BCUT2D eigenvalue weighted by molar-refractivity contribution is 0.514. The van der Waals surface area contributed by atoms with Gasteiger partial charge in [0, 0.05) is 6.54 Å². The highest BCUT2D eigenvalue weighted by atomic mass is 32.1. The first kappa shape index (κ1) is 10.2. The van der Waals surface area contributed by atoms with Crippen molar-refractivity contribution in [2.24, 2.45) is 4.99 Å². The fourth-order valence-electron chi connectivity index (χ4n) is 0.633. The van der Waals surface area contributed by atoms with Crippen molar-refractivity contribution in [3.05, 3.63) is 0 Å².